The average Bonchev–Trinajstić information content (AvgIpc) is 3.84. The van der Waals surface area contributed by atoms with Crippen LogP contribution in [0, 0.1) is 3.70 Å². The molecule has 326 valence electrons. The molecular formula is C46H60IN7O6Si. The van der Waals surface area contributed by atoms with Crippen molar-refractivity contribution in [2.75, 3.05) is 38.0 Å². The van der Waals surface area contributed by atoms with Gasteiger partial charge < -0.3 is 28.9 Å². The molecule has 2 amide bonds. The summed E-state index contributed by atoms with van der Waals surface area (Å²) < 4.78 is 26.5. The quantitative estimate of drug-likeness (QED) is 0.0771. The molecule has 3 aromatic carbocycles. The van der Waals surface area contributed by atoms with E-state index in [1.807, 2.05) is 42.5 Å². The number of hydrogen-bond acceptors (Lipinski definition) is 10. The number of likely N-dealkylation sites (tertiary alicyclic amines) is 1. The molecule has 61 heavy (non-hydrogen) atoms. The predicted molar refractivity (Wildman–Crippen MR) is 252 cm³/mol. The highest BCUT2D eigenvalue weighted by Gasteiger charge is 2.50. The Morgan fingerprint density at radius 2 is 1.61 bits per heavy atom. The fraction of sp³-hybridized carbons (Fsp3) is 0.457. The van der Waals surface area contributed by atoms with Gasteiger partial charge in [0.2, 0.25) is 5.95 Å². The summed E-state index contributed by atoms with van der Waals surface area (Å²) in [6.07, 6.45) is 3.20. The number of anilines is 2. The predicted octanol–water partition coefficient (Wildman–Crippen LogP) is 9.29. The molecule has 1 fully saturated rings. The first-order valence-corrected chi connectivity index (χ1v) is 24.0. The molecular weight excluding hydrogens is 902 g/mol. The molecule has 0 radical (unpaired) electrons. The van der Waals surface area contributed by atoms with E-state index in [1.165, 1.54) is 17.5 Å². The molecule has 0 aliphatic carbocycles. The van der Waals surface area contributed by atoms with Crippen molar-refractivity contribution in [1.82, 2.24) is 24.6 Å². The molecule has 5 aromatic rings. The molecule has 15 heteroatoms. The van der Waals surface area contributed by atoms with Crippen LogP contribution >= 0.6 is 22.6 Å². The first-order chi connectivity index (χ1) is 29.1. The van der Waals surface area contributed by atoms with Crippen LogP contribution in [0.25, 0.3) is 11.0 Å². The zero-order valence-corrected chi connectivity index (χ0v) is 40.0. The second-order valence-corrected chi connectivity index (χ2v) is 22.8. The average molecular weight is 962 g/mol. The molecule has 1 aliphatic rings. The molecule has 0 saturated carbocycles. The third kappa shape index (κ3) is 10.5. The van der Waals surface area contributed by atoms with Gasteiger partial charge in [-0.1, -0.05) is 107 Å². The summed E-state index contributed by atoms with van der Waals surface area (Å²) in [5.74, 6) is 1.31. The van der Waals surface area contributed by atoms with Crippen LogP contribution in [0.2, 0.25) is 5.04 Å². The molecule has 0 spiro atoms. The van der Waals surface area contributed by atoms with Gasteiger partial charge in [-0.3, -0.25) is 10.00 Å². The second kappa shape index (κ2) is 19.5. The van der Waals surface area contributed by atoms with Gasteiger partial charge in [-0.05, 0) is 96.1 Å². The van der Waals surface area contributed by atoms with Crippen LogP contribution in [0.3, 0.4) is 0 Å². The lowest BCUT2D eigenvalue weighted by Gasteiger charge is -2.43. The molecule has 1 aliphatic heterocycles. The minimum Gasteiger partial charge on any atom is -0.496 e. The number of rotatable bonds is 15. The van der Waals surface area contributed by atoms with E-state index in [4.69, 9.17) is 33.7 Å². The van der Waals surface area contributed by atoms with E-state index < -0.39 is 20.0 Å². The van der Waals surface area contributed by atoms with Crippen LogP contribution in [0.4, 0.5) is 21.4 Å². The molecule has 2 atom stereocenters. The number of benzene rings is 3. The van der Waals surface area contributed by atoms with Crippen molar-refractivity contribution in [3.63, 3.8) is 0 Å². The molecule has 2 N–H and O–H groups in total. The molecule has 3 heterocycles. The topological polar surface area (TPSA) is 142 Å². The summed E-state index contributed by atoms with van der Waals surface area (Å²) in [7, 11) is 0.192. The number of nitrogens with one attached hydrogen (secondary N) is 2. The fourth-order valence-electron chi connectivity index (χ4n) is 8.32. The van der Waals surface area contributed by atoms with Gasteiger partial charge in [-0.15, -0.1) is 0 Å². The van der Waals surface area contributed by atoms with Crippen molar-refractivity contribution in [2.24, 2.45) is 0 Å². The smallest absolute Gasteiger partial charge is 0.413 e. The van der Waals surface area contributed by atoms with E-state index in [9.17, 15) is 9.59 Å². The summed E-state index contributed by atoms with van der Waals surface area (Å²) in [4.78, 5) is 37.0. The number of hydrogen-bond donors (Lipinski definition) is 2. The first kappa shape index (κ1) is 45.8. The van der Waals surface area contributed by atoms with E-state index >= 15 is 0 Å². The Balaban J connectivity index is 1.33. The van der Waals surface area contributed by atoms with E-state index in [0.29, 0.717) is 52.4 Å². The Morgan fingerprint density at radius 1 is 0.934 bits per heavy atom. The van der Waals surface area contributed by atoms with E-state index in [1.54, 1.807) is 7.11 Å². The van der Waals surface area contributed by atoms with Crippen LogP contribution in [0.1, 0.15) is 97.7 Å². The molecule has 0 bridgehead atoms. The Labute approximate surface area is 374 Å². The number of halogens is 1. The number of amides is 2. The molecule has 6 rings (SSSR count). The van der Waals surface area contributed by atoms with Crippen molar-refractivity contribution in [2.45, 2.75) is 110 Å². The van der Waals surface area contributed by atoms with Gasteiger partial charge in [0.15, 0.2) is 5.82 Å². The largest absolute Gasteiger partial charge is 0.496 e. The standard InChI is InChI=1S/C46H60IN7O6Si/c1-10-18-33(26-28-59-61(46(5,6)7,34-19-13-11-14-20-34)35-21-15-12-16-22-35)48-41-39-38(49-42(50-41)51-43(55)58-9)40(47)52-54(39)30-32-25-24-31(29-37(32)57-8)36-23-17-27-53(36)44(56)60-45(2,3)4/h11-16,19-22,24-25,29,33,36H,10,17-18,23,26-28,30H2,1-9H3,(H2,48,49,50,51,55). The Hall–Kier alpha value is -4.74. The summed E-state index contributed by atoms with van der Waals surface area (Å²) in [6, 6.07) is 27.3. The summed E-state index contributed by atoms with van der Waals surface area (Å²) in [5.41, 5.74) is 2.55. The van der Waals surface area contributed by atoms with Crippen molar-refractivity contribution in [3.05, 3.63) is 93.7 Å². The minimum absolute atomic E-state index is 0.0403. The van der Waals surface area contributed by atoms with E-state index in [0.717, 1.165) is 36.8 Å². The lowest BCUT2D eigenvalue weighted by molar-refractivity contribution is 0.0224. The number of fused-ring (bicyclic) bond motifs is 1. The van der Waals surface area contributed by atoms with Crippen LogP contribution in [-0.4, -0.2) is 84.2 Å². The maximum absolute atomic E-state index is 13.2. The zero-order chi connectivity index (χ0) is 44.0. The maximum atomic E-state index is 13.2. The number of carbonyl (C=O) groups excluding carboxylic acids is 2. The number of carbonyl (C=O) groups is 2. The third-order valence-corrected chi connectivity index (χ3v) is 16.8. The Bertz CT molecular complexity index is 2240. The van der Waals surface area contributed by atoms with Gasteiger partial charge in [0.05, 0.1) is 26.8 Å². The summed E-state index contributed by atoms with van der Waals surface area (Å²) in [5, 5.41) is 13.7. The number of nitrogens with zero attached hydrogens (tertiary/aromatic N) is 5. The van der Waals surface area contributed by atoms with E-state index in [2.05, 4.69) is 128 Å². The lowest BCUT2D eigenvalue weighted by atomic mass is 10.0. The van der Waals surface area contributed by atoms with Gasteiger partial charge in [0.25, 0.3) is 8.32 Å². The monoisotopic (exact) mass is 961 g/mol. The Morgan fingerprint density at radius 3 is 2.20 bits per heavy atom. The SMILES string of the molecule is CCCC(CCO[Si](c1ccccc1)(c1ccccc1)C(C)(C)C)Nc1nc(NC(=O)OC)nc2c(I)nn(Cc3ccc(C4CCCN4C(=O)OC(C)(C)C)cc3OC)c12. The highest BCUT2D eigenvalue weighted by atomic mass is 127. The fourth-order valence-corrected chi connectivity index (χ4v) is 13.5. The van der Waals surface area contributed by atoms with Crippen molar-refractivity contribution in [1.29, 1.82) is 0 Å². The lowest BCUT2D eigenvalue weighted by Crippen LogP contribution is -2.66. The van der Waals surface area contributed by atoms with Gasteiger partial charge in [0.1, 0.15) is 26.1 Å². The van der Waals surface area contributed by atoms with Gasteiger partial charge >= 0.3 is 12.2 Å². The van der Waals surface area contributed by atoms with Crippen molar-refractivity contribution in [3.8, 4) is 5.75 Å². The summed E-state index contributed by atoms with van der Waals surface area (Å²) in [6.45, 7) is 16.2. The van der Waals surface area contributed by atoms with Crippen molar-refractivity contribution < 1.29 is 28.2 Å². The highest BCUT2D eigenvalue weighted by molar-refractivity contribution is 14.1. The van der Waals surface area contributed by atoms with Gasteiger partial charge in [-0.2, -0.15) is 10.1 Å². The van der Waals surface area contributed by atoms with E-state index in [-0.39, 0.29) is 29.2 Å². The van der Waals surface area contributed by atoms with Crippen LogP contribution in [-0.2, 0) is 20.4 Å². The van der Waals surface area contributed by atoms with Crippen molar-refractivity contribution >= 4 is 76.3 Å². The second-order valence-electron chi connectivity index (χ2n) is 17.5. The zero-order valence-electron chi connectivity index (χ0n) is 36.9. The van der Waals surface area contributed by atoms with Crippen LogP contribution < -0.4 is 25.7 Å². The van der Waals surface area contributed by atoms with Gasteiger partial charge in [0, 0.05) is 24.8 Å². The number of methoxy groups -OCH3 is 2. The Kier molecular flexibility index (Phi) is 14.7. The molecule has 2 unspecified atom stereocenters. The maximum Gasteiger partial charge on any atom is 0.413 e. The highest BCUT2D eigenvalue weighted by Crippen LogP contribution is 2.38. The number of aromatic nitrogens is 4. The van der Waals surface area contributed by atoms with Crippen LogP contribution in [0.5, 0.6) is 5.75 Å². The van der Waals surface area contributed by atoms with Gasteiger partial charge in [-0.25, -0.2) is 14.6 Å². The molecule has 1 saturated heterocycles. The first-order valence-electron chi connectivity index (χ1n) is 21.1. The minimum atomic E-state index is -2.76. The van der Waals surface area contributed by atoms with Crippen LogP contribution in [0.15, 0.2) is 78.9 Å². The summed E-state index contributed by atoms with van der Waals surface area (Å²) >= 11 is 2.17. The molecule has 2 aromatic heterocycles. The normalized spacial score (nSPS) is 15.1. The third-order valence-electron chi connectivity index (χ3n) is 11.0. The number of ether oxygens (including phenoxy) is 3. The molecule has 13 nitrogen and oxygen atoms in total.